The molecule has 0 spiro atoms. The van der Waals surface area contributed by atoms with Crippen molar-refractivity contribution in [1.82, 2.24) is 24.0 Å². The van der Waals surface area contributed by atoms with E-state index < -0.39 is 29.2 Å². The molecule has 0 amide bonds. The zero-order valence-electron chi connectivity index (χ0n) is 25.9. The number of nitrogen functional groups attached to an aromatic ring is 1. The summed E-state index contributed by atoms with van der Waals surface area (Å²) in [6.45, 7) is 11.5. The number of esters is 1. The van der Waals surface area contributed by atoms with Gasteiger partial charge in [0.2, 0.25) is 0 Å². The lowest BCUT2D eigenvalue weighted by atomic mass is 10.1. The average molecular weight is 677 g/mol. The Hall–Kier alpha value is -4.47. The second-order valence-electron chi connectivity index (χ2n) is 11.3. The molecule has 0 unspecified atom stereocenters. The maximum atomic E-state index is 13.9. The molecular formula is C31H33ClF4N8O3. The first-order valence-corrected chi connectivity index (χ1v) is 15.0. The summed E-state index contributed by atoms with van der Waals surface area (Å²) in [5.41, 5.74) is 4.53. The monoisotopic (exact) mass is 676 g/mol. The molecule has 0 aliphatic carbocycles. The molecule has 0 saturated carbocycles. The molecule has 47 heavy (non-hydrogen) atoms. The molecule has 1 aromatic carbocycles. The second kappa shape index (κ2) is 13.3. The maximum Gasteiger partial charge on any atom is 0.435 e. The van der Waals surface area contributed by atoms with Crippen molar-refractivity contribution in [3.8, 4) is 0 Å². The lowest BCUT2D eigenvalue weighted by molar-refractivity contribution is -0.141. The molecule has 4 heterocycles. The summed E-state index contributed by atoms with van der Waals surface area (Å²) in [5, 5.41) is 6.59. The van der Waals surface area contributed by atoms with Crippen molar-refractivity contribution in [2.45, 2.75) is 32.6 Å². The summed E-state index contributed by atoms with van der Waals surface area (Å²) < 4.78 is 62.4. The van der Waals surface area contributed by atoms with Crippen molar-refractivity contribution in [2.75, 3.05) is 50.9 Å². The smallest absolute Gasteiger partial charge is 0.435 e. The van der Waals surface area contributed by atoms with Crippen LogP contribution < -0.4 is 16.6 Å². The van der Waals surface area contributed by atoms with Crippen LogP contribution in [0.2, 0.25) is 5.02 Å². The summed E-state index contributed by atoms with van der Waals surface area (Å²) in [7, 11) is 1.12. The average Bonchev–Trinajstić information content (AvgIpc) is 3.49. The number of nitrogens with one attached hydrogen (secondary N) is 1. The Balaban J connectivity index is 1.66. The first kappa shape index (κ1) is 33.9. The molecule has 4 aromatic rings. The van der Waals surface area contributed by atoms with Crippen LogP contribution in [0.1, 0.15) is 35.5 Å². The quantitative estimate of drug-likeness (QED) is 0.147. The summed E-state index contributed by atoms with van der Waals surface area (Å²) >= 11 is 5.86. The van der Waals surface area contributed by atoms with E-state index in [1.165, 1.54) is 29.0 Å². The van der Waals surface area contributed by atoms with E-state index in [1.54, 1.807) is 0 Å². The zero-order chi connectivity index (χ0) is 34.2. The largest absolute Gasteiger partial charge is 0.465 e. The number of alkyl halides is 3. The number of aromatic nitrogens is 3. The summed E-state index contributed by atoms with van der Waals surface area (Å²) in [4.78, 5) is 35.4. The van der Waals surface area contributed by atoms with Gasteiger partial charge >= 0.3 is 12.1 Å². The number of anilines is 2. The molecular weight excluding hydrogens is 644 g/mol. The molecule has 3 aromatic heterocycles. The molecule has 16 heteroatoms. The summed E-state index contributed by atoms with van der Waals surface area (Å²) in [6, 6.07) is 6.30. The number of hydrogen-bond acceptors (Lipinski definition) is 9. The summed E-state index contributed by atoms with van der Waals surface area (Å²) in [6.07, 6.45) is -3.59. The minimum atomic E-state index is -4.82. The number of fused-ring (bicyclic) bond motifs is 3. The van der Waals surface area contributed by atoms with Gasteiger partial charge in [0.25, 0.3) is 5.56 Å². The van der Waals surface area contributed by atoms with Crippen molar-refractivity contribution in [3.05, 3.63) is 80.7 Å². The number of carbonyl (C=O) groups excluding carboxylic acids is 1. The Labute approximate surface area is 271 Å². The fraction of sp³-hybridized carbons (Fsp3) is 0.355. The third-order valence-corrected chi connectivity index (χ3v) is 8.36. The zero-order valence-corrected chi connectivity index (χ0v) is 26.6. The van der Waals surface area contributed by atoms with Gasteiger partial charge in [-0.2, -0.15) is 18.3 Å². The Morgan fingerprint density at radius 3 is 2.51 bits per heavy atom. The van der Waals surface area contributed by atoms with Crippen LogP contribution in [0.25, 0.3) is 16.4 Å². The van der Waals surface area contributed by atoms with Gasteiger partial charge < -0.3 is 20.4 Å². The SMILES string of the molecule is C=C(N=Cc1c(N)n2nc(C(F)(F)F)cc2c2c1cc(C(=O)OC)c(=O)n2CCN1CCN(C(C)C)CC1)Nc1ccc(F)c(Cl)c1. The highest BCUT2D eigenvalue weighted by molar-refractivity contribution is 6.31. The van der Waals surface area contributed by atoms with Crippen LogP contribution in [0, 0.1) is 5.82 Å². The van der Waals surface area contributed by atoms with E-state index in [-0.39, 0.29) is 50.8 Å². The van der Waals surface area contributed by atoms with Crippen LogP contribution in [-0.2, 0) is 17.5 Å². The van der Waals surface area contributed by atoms with E-state index in [0.717, 1.165) is 49.9 Å². The highest BCUT2D eigenvalue weighted by atomic mass is 35.5. The minimum absolute atomic E-state index is 0.0406. The van der Waals surface area contributed by atoms with E-state index in [1.807, 2.05) is 0 Å². The van der Waals surface area contributed by atoms with E-state index in [2.05, 4.69) is 45.6 Å². The number of nitrogens with two attached hydrogens (primary N) is 1. The molecule has 1 aliphatic heterocycles. The van der Waals surface area contributed by atoms with Crippen molar-refractivity contribution < 1.29 is 27.1 Å². The fourth-order valence-corrected chi connectivity index (χ4v) is 5.72. The number of methoxy groups -OCH3 is 1. The van der Waals surface area contributed by atoms with Gasteiger partial charge in [-0.3, -0.25) is 14.6 Å². The highest BCUT2D eigenvalue weighted by Gasteiger charge is 2.35. The van der Waals surface area contributed by atoms with Gasteiger partial charge in [0.1, 0.15) is 23.0 Å². The molecule has 11 nitrogen and oxygen atoms in total. The standard InChI is InChI=1S/C31H33ClF4N8O3/c1-17(2)42-10-7-41(8-11-42)9-12-43-27-20(14-21(29(43)45)30(46)47-4)22(28(37)44-25(27)15-26(40-44)31(34,35)36)16-38-18(3)39-19-5-6-24(33)23(32)13-19/h5-6,13-17,39H,3,7-12,37H2,1-2,4H3. The Kier molecular flexibility index (Phi) is 9.61. The predicted molar refractivity (Wildman–Crippen MR) is 173 cm³/mol. The van der Waals surface area contributed by atoms with Crippen molar-refractivity contribution in [2.24, 2.45) is 4.99 Å². The van der Waals surface area contributed by atoms with E-state index >= 15 is 0 Å². The molecule has 1 saturated heterocycles. The van der Waals surface area contributed by atoms with Gasteiger partial charge in [-0.25, -0.2) is 18.7 Å². The van der Waals surface area contributed by atoms with Gasteiger partial charge in [0.15, 0.2) is 5.69 Å². The number of pyridine rings is 2. The molecule has 1 aliphatic rings. The van der Waals surface area contributed by atoms with Gasteiger partial charge in [-0.15, -0.1) is 0 Å². The predicted octanol–water partition coefficient (Wildman–Crippen LogP) is 4.86. The van der Waals surface area contributed by atoms with E-state index in [9.17, 15) is 27.2 Å². The van der Waals surface area contributed by atoms with Crippen LogP contribution in [0.15, 0.2) is 52.5 Å². The molecule has 1 fully saturated rings. The first-order valence-electron chi connectivity index (χ1n) is 14.6. The second-order valence-corrected chi connectivity index (χ2v) is 11.7. The molecule has 5 rings (SSSR count). The van der Waals surface area contributed by atoms with Crippen molar-refractivity contribution >= 4 is 51.7 Å². The van der Waals surface area contributed by atoms with Crippen LogP contribution in [-0.4, -0.2) is 82.0 Å². The molecule has 0 radical (unpaired) electrons. The van der Waals surface area contributed by atoms with Crippen molar-refractivity contribution in [1.29, 1.82) is 0 Å². The molecule has 250 valence electrons. The number of aliphatic imine (C=N–C) groups is 1. The number of rotatable bonds is 9. The highest BCUT2D eigenvalue weighted by Crippen LogP contribution is 2.34. The van der Waals surface area contributed by atoms with Crippen LogP contribution in [0.5, 0.6) is 0 Å². The Morgan fingerprint density at radius 2 is 1.89 bits per heavy atom. The van der Waals surface area contributed by atoms with E-state index in [0.29, 0.717) is 18.3 Å². The number of benzene rings is 1. The molecule has 3 N–H and O–H groups in total. The van der Waals surface area contributed by atoms with Crippen LogP contribution in [0.3, 0.4) is 0 Å². The fourth-order valence-electron chi connectivity index (χ4n) is 5.54. The molecule has 0 bridgehead atoms. The summed E-state index contributed by atoms with van der Waals surface area (Å²) in [5.74, 6) is -1.75. The Bertz CT molecular complexity index is 1950. The van der Waals surface area contributed by atoms with Gasteiger partial charge in [-0.1, -0.05) is 18.2 Å². The third kappa shape index (κ3) is 6.96. The maximum absolute atomic E-state index is 13.9. The van der Waals surface area contributed by atoms with Gasteiger partial charge in [-0.05, 0) is 44.2 Å². The normalized spacial score (nSPS) is 14.9. The van der Waals surface area contributed by atoms with Gasteiger partial charge in [0, 0.05) is 68.2 Å². The van der Waals surface area contributed by atoms with Crippen LogP contribution >= 0.6 is 11.6 Å². The van der Waals surface area contributed by atoms with Gasteiger partial charge in [0.05, 0.1) is 23.2 Å². The number of halogens is 5. The lowest BCUT2D eigenvalue weighted by Crippen LogP contribution is -2.49. The number of piperazine rings is 1. The number of ether oxygens (including phenoxy) is 1. The minimum Gasteiger partial charge on any atom is -0.465 e. The van der Waals surface area contributed by atoms with Crippen LogP contribution in [0.4, 0.5) is 29.1 Å². The number of hydrogen-bond donors (Lipinski definition) is 2. The number of nitrogens with zero attached hydrogens (tertiary/aromatic N) is 6. The van der Waals surface area contributed by atoms with Crippen molar-refractivity contribution in [3.63, 3.8) is 0 Å². The first-order chi connectivity index (χ1) is 22.2. The number of carbonyl (C=O) groups is 1. The lowest BCUT2D eigenvalue weighted by Gasteiger charge is -2.37. The molecule has 0 atom stereocenters. The van der Waals surface area contributed by atoms with E-state index in [4.69, 9.17) is 22.1 Å². The topological polar surface area (TPSA) is 122 Å². The third-order valence-electron chi connectivity index (χ3n) is 8.07. The Morgan fingerprint density at radius 1 is 1.19 bits per heavy atom.